The summed E-state index contributed by atoms with van der Waals surface area (Å²) in [4.78, 5) is 2.39. The maximum absolute atomic E-state index is 5.61. The van der Waals surface area contributed by atoms with Crippen molar-refractivity contribution >= 4 is 0 Å². The maximum atomic E-state index is 5.61. The monoisotopic (exact) mass is 230 g/mol. The van der Waals surface area contributed by atoms with Crippen LogP contribution < -0.4 is 5.32 Å². The second-order valence-corrected chi connectivity index (χ2v) is 4.46. The standard InChI is InChI=1S/C13H30N2O/c1-5-15(6-2)10-12-16-11-8-7-9-14-13(3)4/h13-14H,5-12H2,1-4H3. The van der Waals surface area contributed by atoms with Gasteiger partial charge in [-0.15, -0.1) is 0 Å². The van der Waals surface area contributed by atoms with E-state index in [2.05, 4.69) is 37.9 Å². The molecule has 0 unspecified atom stereocenters. The Bertz CT molecular complexity index is 136. The summed E-state index contributed by atoms with van der Waals surface area (Å²) >= 11 is 0. The van der Waals surface area contributed by atoms with Crippen molar-refractivity contribution in [2.24, 2.45) is 0 Å². The Morgan fingerprint density at radius 2 is 1.75 bits per heavy atom. The summed E-state index contributed by atoms with van der Waals surface area (Å²) < 4.78 is 5.61. The van der Waals surface area contributed by atoms with E-state index in [1.165, 1.54) is 6.42 Å². The summed E-state index contributed by atoms with van der Waals surface area (Å²) in [5.74, 6) is 0. The van der Waals surface area contributed by atoms with Gasteiger partial charge >= 0.3 is 0 Å². The molecule has 0 saturated heterocycles. The SMILES string of the molecule is CCN(CC)CCOCCCCNC(C)C. The zero-order chi connectivity index (χ0) is 12.2. The molecule has 0 heterocycles. The molecule has 0 aliphatic rings. The van der Waals surface area contributed by atoms with Crippen LogP contribution >= 0.6 is 0 Å². The van der Waals surface area contributed by atoms with Crippen molar-refractivity contribution in [3.05, 3.63) is 0 Å². The second kappa shape index (κ2) is 11.4. The summed E-state index contributed by atoms with van der Waals surface area (Å²) in [5.41, 5.74) is 0. The lowest BCUT2D eigenvalue weighted by Crippen LogP contribution is -2.27. The average Bonchev–Trinajstić information content (AvgIpc) is 2.27. The van der Waals surface area contributed by atoms with Gasteiger partial charge in [-0.25, -0.2) is 0 Å². The van der Waals surface area contributed by atoms with Crippen molar-refractivity contribution in [3.63, 3.8) is 0 Å². The molecular formula is C13H30N2O. The van der Waals surface area contributed by atoms with Gasteiger partial charge in [-0.05, 0) is 32.5 Å². The Kier molecular flexibility index (Phi) is 11.3. The highest BCUT2D eigenvalue weighted by Crippen LogP contribution is 1.92. The molecule has 0 bridgehead atoms. The van der Waals surface area contributed by atoms with E-state index in [-0.39, 0.29) is 0 Å². The van der Waals surface area contributed by atoms with Crippen LogP contribution in [0.5, 0.6) is 0 Å². The van der Waals surface area contributed by atoms with Gasteiger partial charge in [-0.1, -0.05) is 27.7 Å². The zero-order valence-electron chi connectivity index (χ0n) is 11.6. The van der Waals surface area contributed by atoms with Crippen LogP contribution in [0, 0.1) is 0 Å². The number of likely N-dealkylation sites (N-methyl/N-ethyl adjacent to an activating group) is 1. The Labute approximate surface area is 102 Å². The Morgan fingerprint density at radius 3 is 2.31 bits per heavy atom. The summed E-state index contributed by atoms with van der Waals surface area (Å²) in [6.07, 6.45) is 2.38. The maximum Gasteiger partial charge on any atom is 0.0593 e. The molecule has 0 aliphatic heterocycles. The van der Waals surface area contributed by atoms with E-state index in [4.69, 9.17) is 4.74 Å². The molecule has 0 amide bonds. The first kappa shape index (κ1) is 15.9. The largest absolute Gasteiger partial charge is 0.380 e. The minimum absolute atomic E-state index is 0.601. The van der Waals surface area contributed by atoms with Crippen LogP contribution in [0.3, 0.4) is 0 Å². The molecule has 0 aromatic heterocycles. The Balaban J connectivity index is 3.09. The van der Waals surface area contributed by atoms with E-state index in [0.29, 0.717) is 6.04 Å². The molecule has 0 fully saturated rings. The van der Waals surface area contributed by atoms with Crippen LogP contribution in [0.25, 0.3) is 0 Å². The van der Waals surface area contributed by atoms with Crippen molar-refractivity contribution in [1.29, 1.82) is 0 Å². The van der Waals surface area contributed by atoms with Crippen LogP contribution in [-0.4, -0.2) is 50.3 Å². The fourth-order valence-corrected chi connectivity index (χ4v) is 1.56. The zero-order valence-corrected chi connectivity index (χ0v) is 11.6. The Hall–Kier alpha value is -0.120. The number of hydrogen-bond acceptors (Lipinski definition) is 3. The molecule has 3 nitrogen and oxygen atoms in total. The summed E-state index contributed by atoms with van der Waals surface area (Å²) in [6, 6.07) is 0.601. The minimum Gasteiger partial charge on any atom is -0.380 e. The second-order valence-electron chi connectivity index (χ2n) is 4.46. The first-order valence-electron chi connectivity index (χ1n) is 6.74. The number of nitrogens with zero attached hydrogens (tertiary/aromatic N) is 1. The third-order valence-corrected chi connectivity index (χ3v) is 2.71. The fourth-order valence-electron chi connectivity index (χ4n) is 1.56. The molecule has 98 valence electrons. The summed E-state index contributed by atoms with van der Waals surface area (Å²) in [5, 5.41) is 3.41. The van der Waals surface area contributed by atoms with E-state index >= 15 is 0 Å². The molecule has 0 radical (unpaired) electrons. The molecular weight excluding hydrogens is 200 g/mol. The Morgan fingerprint density at radius 1 is 1.06 bits per heavy atom. The molecule has 0 atom stereocenters. The lowest BCUT2D eigenvalue weighted by molar-refractivity contribution is 0.104. The van der Waals surface area contributed by atoms with Gasteiger partial charge in [0.05, 0.1) is 6.61 Å². The molecule has 3 heteroatoms. The minimum atomic E-state index is 0.601. The van der Waals surface area contributed by atoms with E-state index in [0.717, 1.165) is 45.8 Å². The summed E-state index contributed by atoms with van der Waals surface area (Å²) in [7, 11) is 0. The number of unbranched alkanes of at least 4 members (excludes halogenated alkanes) is 1. The normalized spacial score (nSPS) is 11.6. The molecule has 0 rings (SSSR count). The first-order valence-corrected chi connectivity index (χ1v) is 6.74. The van der Waals surface area contributed by atoms with E-state index < -0.39 is 0 Å². The predicted octanol–water partition coefficient (Wildman–Crippen LogP) is 2.12. The lowest BCUT2D eigenvalue weighted by Gasteiger charge is -2.17. The van der Waals surface area contributed by atoms with Crippen LogP contribution in [0.15, 0.2) is 0 Å². The topological polar surface area (TPSA) is 24.5 Å². The fraction of sp³-hybridized carbons (Fsp3) is 1.00. The van der Waals surface area contributed by atoms with Gasteiger partial charge in [0, 0.05) is 19.2 Å². The third kappa shape index (κ3) is 10.4. The van der Waals surface area contributed by atoms with Crippen molar-refractivity contribution in [2.75, 3.05) is 39.4 Å². The highest BCUT2D eigenvalue weighted by atomic mass is 16.5. The van der Waals surface area contributed by atoms with Crippen molar-refractivity contribution in [2.45, 2.75) is 46.6 Å². The van der Waals surface area contributed by atoms with Crippen LogP contribution in [0.2, 0.25) is 0 Å². The van der Waals surface area contributed by atoms with Gasteiger partial charge in [-0.3, -0.25) is 0 Å². The molecule has 1 N–H and O–H groups in total. The van der Waals surface area contributed by atoms with Gasteiger partial charge in [0.1, 0.15) is 0 Å². The van der Waals surface area contributed by atoms with Crippen LogP contribution in [-0.2, 0) is 4.74 Å². The van der Waals surface area contributed by atoms with Crippen molar-refractivity contribution < 1.29 is 4.74 Å². The smallest absolute Gasteiger partial charge is 0.0593 e. The number of rotatable bonds is 11. The lowest BCUT2D eigenvalue weighted by atomic mass is 10.3. The van der Waals surface area contributed by atoms with Crippen LogP contribution in [0.1, 0.15) is 40.5 Å². The van der Waals surface area contributed by atoms with E-state index in [1.807, 2.05) is 0 Å². The highest BCUT2D eigenvalue weighted by Gasteiger charge is 1.98. The van der Waals surface area contributed by atoms with Crippen molar-refractivity contribution in [1.82, 2.24) is 10.2 Å². The number of hydrogen-bond donors (Lipinski definition) is 1. The van der Waals surface area contributed by atoms with Crippen molar-refractivity contribution in [3.8, 4) is 0 Å². The average molecular weight is 230 g/mol. The molecule has 0 aromatic carbocycles. The van der Waals surface area contributed by atoms with E-state index in [1.54, 1.807) is 0 Å². The van der Waals surface area contributed by atoms with Gasteiger partial charge in [-0.2, -0.15) is 0 Å². The predicted molar refractivity (Wildman–Crippen MR) is 71.0 cm³/mol. The number of nitrogens with one attached hydrogen (secondary N) is 1. The van der Waals surface area contributed by atoms with E-state index in [9.17, 15) is 0 Å². The van der Waals surface area contributed by atoms with Gasteiger partial charge in [0.15, 0.2) is 0 Å². The molecule has 0 spiro atoms. The molecule has 16 heavy (non-hydrogen) atoms. The third-order valence-electron chi connectivity index (χ3n) is 2.71. The summed E-state index contributed by atoms with van der Waals surface area (Å²) in [6.45, 7) is 15.0. The van der Waals surface area contributed by atoms with Gasteiger partial charge in [0.2, 0.25) is 0 Å². The quantitative estimate of drug-likeness (QED) is 0.550. The van der Waals surface area contributed by atoms with Crippen LogP contribution in [0.4, 0.5) is 0 Å². The van der Waals surface area contributed by atoms with Gasteiger partial charge in [0.25, 0.3) is 0 Å². The molecule has 0 aliphatic carbocycles. The first-order chi connectivity index (χ1) is 7.70. The molecule has 0 saturated carbocycles. The molecule has 0 aromatic rings. The highest BCUT2D eigenvalue weighted by molar-refractivity contribution is 4.53. The van der Waals surface area contributed by atoms with Gasteiger partial charge < -0.3 is 15.0 Å². The number of ether oxygens (including phenoxy) is 1.